The first-order chi connectivity index (χ1) is 9.61. The molecule has 21 heavy (non-hydrogen) atoms. The number of carbonyl (C=O) groups excluding carboxylic acids is 2. The first-order valence-electron chi connectivity index (χ1n) is 6.95. The van der Waals surface area contributed by atoms with Gasteiger partial charge in [-0.15, -0.1) is 12.4 Å². The molecule has 5 nitrogen and oxygen atoms in total. The lowest BCUT2D eigenvalue weighted by molar-refractivity contribution is -0.134. The Morgan fingerprint density at radius 2 is 2.10 bits per heavy atom. The van der Waals surface area contributed by atoms with Crippen LogP contribution in [0.25, 0.3) is 0 Å². The molecule has 0 aromatic heterocycles. The van der Waals surface area contributed by atoms with Gasteiger partial charge < -0.3 is 16.0 Å². The summed E-state index contributed by atoms with van der Waals surface area (Å²) in [6, 6.07) is 9.45. The highest BCUT2D eigenvalue weighted by atomic mass is 35.5. The molecule has 0 bridgehead atoms. The highest BCUT2D eigenvalue weighted by molar-refractivity contribution is 5.89. The van der Waals surface area contributed by atoms with Gasteiger partial charge in [0, 0.05) is 25.6 Å². The molecular weight excluding hydrogens is 290 g/mol. The number of carbonyl (C=O) groups is 2. The summed E-state index contributed by atoms with van der Waals surface area (Å²) in [4.78, 5) is 25.8. The third kappa shape index (κ3) is 4.44. The normalized spacial score (nSPS) is 19.0. The van der Waals surface area contributed by atoms with Gasteiger partial charge in [-0.2, -0.15) is 0 Å². The third-order valence-corrected chi connectivity index (χ3v) is 3.63. The predicted molar refractivity (Wildman–Crippen MR) is 83.9 cm³/mol. The molecule has 2 amide bonds. The number of rotatable bonds is 5. The second-order valence-corrected chi connectivity index (χ2v) is 5.23. The van der Waals surface area contributed by atoms with Crippen LogP contribution in [0.3, 0.4) is 0 Å². The van der Waals surface area contributed by atoms with Crippen molar-refractivity contribution in [2.24, 2.45) is 11.7 Å². The van der Waals surface area contributed by atoms with Crippen LogP contribution >= 0.6 is 12.4 Å². The number of likely N-dealkylation sites (tertiary alicyclic amines) is 1. The molecule has 116 valence electrons. The highest BCUT2D eigenvalue weighted by Crippen LogP contribution is 2.15. The van der Waals surface area contributed by atoms with Gasteiger partial charge in [-0.1, -0.05) is 37.3 Å². The van der Waals surface area contributed by atoms with E-state index < -0.39 is 6.04 Å². The van der Waals surface area contributed by atoms with Crippen molar-refractivity contribution < 1.29 is 9.59 Å². The van der Waals surface area contributed by atoms with Gasteiger partial charge >= 0.3 is 0 Å². The van der Waals surface area contributed by atoms with Gasteiger partial charge in [-0.05, 0) is 12.0 Å². The van der Waals surface area contributed by atoms with Gasteiger partial charge in [-0.25, -0.2) is 0 Å². The molecule has 1 saturated heterocycles. The molecule has 2 rings (SSSR count). The van der Waals surface area contributed by atoms with E-state index in [1.165, 1.54) is 0 Å². The number of nitrogens with zero attached hydrogens (tertiary/aromatic N) is 1. The topological polar surface area (TPSA) is 75.4 Å². The lowest BCUT2D eigenvalue weighted by Crippen LogP contribution is -2.44. The molecule has 1 fully saturated rings. The number of benzene rings is 1. The monoisotopic (exact) mass is 311 g/mol. The number of hydrogen-bond acceptors (Lipinski definition) is 3. The Labute approximate surface area is 131 Å². The predicted octanol–water partition coefficient (Wildman–Crippen LogP) is 0.920. The Kier molecular flexibility index (Phi) is 6.65. The molecule has 2 atom stereocenters. The smallest absolute Gasteiger partial charge is 0.245 e. The van der Waals surface area contributed by atoms with Crippen LogP contribution in [-0.2, 0) is 16.1 Å². The molecule has 0 aliphatic carbocycles. The Morgan fingerprint density at radius 1 is 1.43 bits per heavy atom. The Hall–Kier alpha value is -1.59. The van der Waals surface area contributed by atoms with Crippen molar-refractivity contribution in [3.8, 4) is 0 Å². The number of halogens is 1. The van der Waals surface area contributed by atoms with E-state index in [-0.39, 0.29) is 30.1 Å². The van der Waals surface area contributed by atoms with Crippen molar-refractivity contribution in [1.82, 2.24) is 10.2 Å². The fraction of sp³-hybridized carbons (Fsp3) is 0.467. The summed E-state index contributed by atoms with van der Waals surface area (Å²) in [7, 11) is 0. The number of nitrogens with one attached hydrogen (secondary N) is 1. The molecule has 1 aromatic rings. The fourth-order valence-corrected chi connectivity index (χ4v) is 2.25. The summed E-state index contributed by atoms with van der Waals surface area (Å²) in [5.41, 5.74) is 6.56. The largest absolute Gasteiger partial charge is 0.344 e. The average molecular weight is 312 g/mol. The zero-order chi connectivity index (χ0) is 14.5. The Balaban J connectivity index is 0.00000220. The van der Waals surface area contributed by atoms with Crippen LogP contribution in [0, 0.1) is 5.92 Å². The molecule has 3 N–H and O–H groups in total. The molecule has 0 saturated carbocycles. The molecular formula is C15H22ClN3O2. The Morgan fingerprint density at radius 3 is 2.71 bits per heavy atom. The van der Waals surface area contributed by atoms with Crippen LogP contribution in [0.1, 0.15) is 18.9 Å². The highest BCUT2D eigenvalue weighted by Gasteiger charge is 2.33. The maximum absolute atomic E-state index is 12.2. The lowest BCUT2D eigenvalue weighted by atomic mass is 10.1. The van der Waals surface area contributed by atoms with Crippen molar-refractivity contribution in [3.05, 3.63) is 35.9 Å². The Bertz CT molecular complexity index is 481. The summed E-state index contributed by atoms with van der Waals surface area (Å²) in [6.45, 7) is 3.32. The minimum Gasteiger partial charge on any atom is -0.344 e. The molecule has 1 heterocycles. The van der Waals surface area contributed by atoms with E-state index in [1.54, 1.807) is 11.8 Å². The second kappa shape index (κ2) is 8.00. The van der Waals surface area contributed by atoms with Crippen molar-refractivity contribution in [1.29, 1.82) is 0 Å². The molecule has 6 heteroatoms. The van der Waals surface area contributed by atoms with Gasteiger partial charge in [0.2, 0.25) is 11.8 Å². The van der Waals surface area contributed by atoms with Crippen LogP contribution < -0.4 is 11.1 Å². The van der Waals surface area contributed by atoms with Crippen LogP contribution in [0.5, 0.6) is 0 Å². The third-order valence-electron chi connectivity index (χ3n) is 3.63. The molecule has 0 spiro atoms. The van der Waals surface area contributed by atoms with Crippen molar-refractivity contribution >= 4 is 24.2 Å². The van der Waals surface area contributed by atoms with Crippen LogP contribution in [0.15, 0.2) is 30.3 Å². The van der Waals surface area contributed by atoms with E-state index in [1.807, 2.05) is 30.3 Å². The van der Waals surface area contributed by atoms with Gasteiger partial charge in [-0.3, -0.25) is 9.59 Å². The van der Waals surface area contributed by atoms with Crippen LogP contribution in [0.4, 0.5) is 0 Å². The van der Waals surface area contributed by atoms with Gasteiger partial charge in [0.1, 0.15) is 6.04 Å². The SMILES string of the molecule is CC(CN)C(=O)NC1CCN(Cc2ccccc2)C1=O.Cl. The fourth-order valence-electron chi connectivity index (χ4n) is 2.25. The summed E-state index contributed by atoms with van der Waals surface area (Å²) >= 11 is 0. The van der Waals surface area contributed by atoms with E-state index in [0.29, 0.717) is 26.1 Å². The minimum atomic E-state index is -0.403. The maximum Gasteiger partial charge on any atom is 0.245 e. The molecule has 1 aromatic carbocycles. The van der Waals surface area contributed by atoms with Crippen LogP contribution in [-0.4, -0.2) is 35.8 Å². The summed E-state index contributed by atoms with van der Waals surface area (Å²) in [5.74, 6) is -0.412. The molecule has 1 aliphatic rings. The van der Waals surface area contributed by atoms with E-state index >= 15 is 0 Å². The van der Waals surface area contributed by atoms with Gasteiger partial charge in [0.05, 0.1) is 0 Å². The number of nitrogens with two attached hydrogens (primary N) is 1. The minimum absolute atomic E-state index is 0. The quantitative estimate of drug-likeness (QED) is 0.849. The first kappa shape index (κ1) is 17.5. The van der Waals surface area contributed by atoms with E-state index in [0.717, 1.165) is 5.56 Å². The zero-order valence-corrected chi connectivity index (χ0v) is 12.9. The first-order valence-corrected chi connectivity index (χ1v) is 6.95. The van der Waals surface area contributed by atoms with E-state index in [9.17, 15) is 9.59 Å². The van der Waals surface area contributed by atoms with Crippen LogP contribution in [0.2, 0.25) is 0 Å². The standard InChI is InChI=1S/C15H21N3O2.ClH/c1-11(9-16)14(19)17-13-7-8-18(15(13)20)10-12-5-3-2-4-6-12;/h2-6,11,13H,7-10,16H2,1H3,(H,17,19);1H. The van der Waals surface area contributed by atoms with Crippen molar-refractivity contribution in [3.63, 3.8) is 0 Å². The van der Waals surface area contributed by atoms with Gasteiger partial charge in [0.15, 0.2) is 0 Å². The summed E-state index contributed by atoms with van der Waals surface area (Å²) in [6.07, 6.45) is 0.661. The van der Waals surface area contributed by atoms with E-state index in [4.69, 9.17) is 5.73 Å². The second-order valence-electron chi connectivity index (χ2n) is 5.23. The lowest BCUT2D eigenvalue weighted by Gasteiger charge is -2.18. The van der Waals surface area contributed by atoms with Crippen molar-refractivity contribution in [2.45, 2.75) is 25.9 Å². The average Bonchev–Trinajstić information content (AvgIpc) is 2.80. The molecule has 0 radical (unpaired) electrons. The van der Waals surface area contributed by atoms with E-state index in [2.05, 4.69) is 5.32 Å². The zero-order valence-electron chi connectivity index (χ0n) is 12.1. The maximum atomic E-state index is 12.2. The molecule has 2 unspecified atom stereocenters. The summed E-state index contributed by atoms with van der Waals surface area (Å²) in [5, 5.41) is 2.78. The van der Waals surface area contributed by atoms with Crippen molar-refractivity contribution in [2.75, 3.05) is 13.1 Å². The number of hydrogen-bond donors (Lipinski definition) is 2. The number of amides is 2. The van der Waals surface area contributed by atoms with Gasteiger partial charge in [0.25, 0.3) is 0 Å². The summed E-state index contributed by atoms with van der Waals surface area (Å²) < 4.78 is 0. The molecule has 1 aliphatic heterocycles.